The number of azo groups is 1. The van der Waals surface area contributed by atoms with Gasteiger partial charge in [-0.05, 0) is 142 Å². The number of hydrogen-bond donors (Lipinski definition) is 0. The Morgan fingerprint density at radius 1 is 0.600 bits per heavy atom. The molecule has 10 heteroatoms. The number of benzene rings is 7. The largest absolute Gasteiger partial charge is 0.465 e. The van der Waals surface area contributed by atoms with Gasteiger partial charge in [0, 0.05) is 30.3 Å². The molecule has 2 bridgehead atoms. The highest BCUT2D eigenvalue weighted by molar-refractivity contribution is 6.24. The number of nitrogens with zero attached hydrogens (tertiary/aromatic N) is 4. The molecule has 1 saturated heterocycles. The zero-order valence-electron chi connectivity index (χ0n) is 38.6. The summed E-state index contributed by atoms with van der Waals surface area (Å²) in [6.45, 7) is 2.16. The number of hydrogen-bond acceptors (Lipinski definition) is 9. The second kappa shape index (κ2) is 17.0. The van der Waals surface area contributed by atoms with Crippen LogP contribution in [0, 0.1) is 23.7 Å². The van der Waals surface area contributed by atoms with Crippen LogP contribution in [-0.4, -0.2) is 51.1 Å². The number of carbonyl (C=O) groups excluding carboxylic acids is 4. The molecule has 70 heavy (non-hydrogen) atoms. The van der Waals surface area contributed by atoms with Gasteiger partial charge in [0.25, 0.3) is 0 Å². The Hall–Kier alpha value is -8.42. The fraction of sp³-hybridized carbons (Fsp3) is 0.200. The number of rotatable bonds is 7. The predicted molar refractivity (Wildman–Crippen MR) is 268 cm³/mol. The normalized spacial score (nSPS) is 20.2. The lowest BCUT2D eigenvalue weighted by atomic mass is 9.47. The van der Waals surface area contributed by atoms with Crippen molar-refractivity contribution in [2.75, 3.05) is 37.1 Å². The molecule has 7 aromatic carbocycles. The molecule has 3 aliphatic carbocycles. The Morgan fingerprint density at radius 2 is 1.19 bits per heavy atom. The lowest BCUT2D eigenvalue weighted by Gasteiger charge is -2.51. The van der Waals surface area contributed by atoms with E-state index in [0.29, 0.717) is 16.9 Å². The standard InChI is InChI=1S/C60H46N4O6/c1-69-58(67)43-27-36(28-44(30-43)59(68)70-2)23-24-60-50-20-10-9-19-48(50)52(49-22-21-45(35-51(49)60)61-62-46-31-39-17-11-25-63-26-12-18-40(32-46)55(39)63)53-54(60)57(66)64(56(53)65)47-33-41(37-13-5-3-6-14-37)29-42(34-47)38-15-7-4-8-16-38/h3-10,13-16,19-22,27-35,52-54H,11-12,17-18,25-26H2,1-2H3. The average molecular weight is 919 g/mol. The summed E-state index contributed by atoms with van der Waals surface area (Å²) in [7, 11) is 2.53. The molecule has 1 fully saturated rings. The van der Waals surface area contributed by atoms with E-state index in [1.54, 1.807) is 12.1 Å². The molecule has 6 aliphatic rings. The van der Waals surface area contributed by atoms with E-state index in [1.807, 2.05) is 115 Å². The minimum Gasteiger partial charge on any atom is -0.465 e. The van der Waals surface area contributed by atoms with Crippen molar-refractivity contribution in [3.63, 3.8) is 0 Å². The van der Waals surface area contributed by atoms with Gasteiger partial charge in [0.15, 0.2) is 0 Å². The van der Waals surface area contributed by atoms with Gasteiger partial charge in [-0.15, -0.1) is 0 Å². The monoisotopic (exact) mass is 918 g/mol. The molecule has 13 rings (SSSR count). The second-order valence-corrected chi connectivity index (χ2v) is 18.7. The fourth-order valence-corrected chi connectivity index (χ4v) is 12.0. The van der Waals surface area contributed by atoms with Crippen LogP contribution in [0.3, 0.4) is 0 Å². The van der Waals surface area contributed by atoms with Crippen LogP contribution in [0.2, 0.25) is 0 Å². The van der Waals surface area contributed by atoms with Crippen LogP contribution in [0.4, 0.5) is 22.7 Å². The fourth-order valence-electron chi connectivity index (χ4n) is 12.0. The van der Waals surface area contributed by atoms with Crippen molar-refractivity contribution < 1.29 is 28.7 Å². The Balaban J connectivity index is 1.05. The van der Waals surface area contributed by atoms with E-state index in [0.717, 1.165) is 89.0 Å². The molecule has 4 atom stereocenters. The van der Waals surface area contributed by atoms with Crippen LogP contribution >= 0.6 is 0 Å². The third kappa shape index (κ3) is 6.86. The first kappa shape index (κ1) is 42.9. The number of ether oxygens (including phenoxy) is 2. The molecule has 3 aliphatic heterocycles. The lowest BCUT2D eigenvalue weighted by molar-refractivity contribution is -0.122. The van der Waals surface area contributed by atoms with Crippen molar-refractivity contribution in [2.24, 2.45) is 22.1 Å². The van der Waals surface area contributed by atoms with E-state index < -0.39 is 35.1 Å². The Morgan fingerprint density at radius 3 is 1.81 bits per heavy atom. The lowest BCUT2D eigenvalue weighted by Crippen LogP contribution is -2.53. The van der Waals surface area contributed by atoms with Gasteiger partial charge in [-0.3, -0.25) is 9.59 Å². The molecule has 0 N–H and O–H groups in total. The molecule has 2 amide bonds. The quantitative estimate of drug-likeness (QED) is 0.0676. The zero-order valence-corrected chi connectivity index (χ0v) is 38.6. The molecule has 342 valence electrons. The van der Waals surface area contributed by atoms with Crippen LogP contribution in [0.15, 0.2) is 162 Å². The topological polar surface area (TPSA) is 118 Å². The molecular weight excluding hydrogens is 873 g/mol. The summed E-state index contributed by atoms with van der Waals surface area (Å²) >= 11 is 0. The summed E-state index contributed by atoms with van der Waals surface area (Å²) in [6.07, 6.45) is 4.22. The van der Waals surface area contributed by atoms with E-state index in [1.165, 1.54) is 42.0 Å². The highest BCUT2D eigenvalue weighted by Crippen LogP contribution is 2.65. The van der Waals surface area contributed by atoms with Gasteiger partial charge in [0.1, 0.15) is 0 Å². The van der Waals surface area contributed by atoms with Gasteiger partial charge >= 0.3 is 11.9 Å². The molecule has 0 radical (unpaired) electrons. The SMILES string of the molecule is COC(=O)c1cc(C#CC23c4ccccc4C(c4ccc(N=Nc5cc6c7c(c5)CCCN7CCC6)cc42)C2C(=O)N(c4cc(-c5ccccc5)cc(-c5ccccc5)c4)C(=O)C23)cc(C(=O)OC)c1. The molecular formula is C60H46N4O6. The molecule has 0 spiro atoms. The maximum atomic E-state index is 15.9. The maximum Gasteiger partial charge on any atom is 0.337 e. The predicted octanol–water partition coefficient (Wildman–Crippen LogP) is 11.3. The molecule has 10 nitrogen and oxygen atoms in total. The van der Waals surface area contributed by atoms with E-state index in [2.05, 4.69) is 34.9 Å². The van der Waals surface area contributed by atoms with E-state index in [-0.39, 0.29) is 22.9 Å². The molecule has 7 aromatic rings. The van der Waals surface area contributed by atoms with Crippen molar-refractivity contribution in [3.8, 4) is 34.1 Å². The highest BCUT2D eigenvalue weighted by Gasteiger charge is 2.68. The first-order chi connectivity index (χ1) is 34.2. The van der Waals surface area contributed by atoms with Crippen LogP contribution in [0.25, 0.3) is 22.3 Å². The minimum atomic E-state index is -1.41. The van der Waals surface area contributed by atoms with Gasteiger partial charge in [0.05, 0.1) is 59.7 Å². The Kier molecular flexibility index (Phi) is 10.4. The molecule has 0 saturated carbocycles. The third-order valence-electron chi connectivity index (χ3n) is 14.9. The van der Waals surface area contributed by atoms with Crippen molar-refractivity contribution in [1.82, 2.24) is 0 Å². The maximum absolute atomic E-state index is 15.9. The van der Waals surface area contributed by atoms with Gasteiger partial charge < -0.3 is 14.4 Å². The van der Waals surface area contributed by atoms with E-state index in [4.69, 9.17) is 19.7 Å². The van der Waals surface area contributed by atoms with E-state index >= 15 is 9.59 Å². The smallest absolute Gasteiger partial charge is 0.337 e. The first-order valence-electron chi connectivity index (χ1n) is 23.8. The van der Waals surface area contributed by atoms with Crippen molar-refractivity contribution in [2.45, 2.75) is 37.0 Å². The van der Waals surface area contributed by atoms with Gasteiger partial charge in [-0.1, -0.05) is 103 Å². The van der Waals surface area contributed by atoms with Crippen LogP contribution in [0.5, 0.6) is 0 Å². The second-order valence-electron chi connectivity index (χ2n) is 18.7. The van der Waals surface area contributed by atoms with Gasteiger partial charge in [-0.2, -0.15) is 10.2 Å². The van der Waals surface area contributed by atoms with Crippen LogP contribution < -0.4 is 9.80 Å². The first-order valence-corrected chi connectivity index (χ1v) is 23.8. The van der Waals surface area contributed by atoms with E-state index in [9.17, 15) is 9.59 Å². The summed E-state index contributed by atoms with van der Waals surface area (Å²) in [5, 5.41) is 9.72. The van der Waals surface area contributed by atoms with Crippen molar-refractivity contribution in [3.05, 3.63) is 202 Å². The number of imide groups is 1. The summed E-state index contributed by atoms with van der Waals surface area (Å²) in [4.78, 5) is 61.4. The number of anilines is 2. The summed E-state index contributed by atoms with van der Waals surface area (Å²) in [6, 6.07) is 48.5. The summed E-state index contributed by atoms with van der Waals surface area (Å²) in [5.41, 5.74) is 11.9. The van der Waals surface area contributed by atoms with Gasteiger partial charge in [-0.25, -0.2) is 14.5 Å². The number of aryl methyl sites for hydroxylation is 2. The average Bonchev–Trinajstić information content (AvgIpc) is 3.69. The Bertz CT molecular complexity index is 3320. The number of esters is 2. The zero-order chi connectivity index (χ0) is 47.7. The minimum absolute atomic E-state index is 0.107. The van der Waals surface area contributed by atoms with Crippen molar-refractivity contribution in [1.29, 1.82) is 0 Å². The molecule has 4 unspecified atom stereocenters. The molecule has 3 heterocycles. The van der Waals surface area contributed by atoms with Crippen LogP contribution in [-0.2, 0) is 37.3 Å². The highest BCUT2D eigenvalue weighted by atomic mass is 16.5. The summed E-state index contributed by atoms with van der Waals surface area (Å²) < 4.78 is 10.1. The number of methoxy groups -OCH3 is 2. The van der Waals surface area contributed by atoms with Crippen LogP contribution in [0.1, 0.15) is 78.4 Å². The summed E-state index contributed by atoms with van der Waals surface area (Å²) in [5.74, 6) is 2.68. The molecule has 0 aromatic heterocycles. The van der Waals surface area contributed by atoms with Crippen molar-refractivity contribution >= 4 is 46.5 Å². The number of carbonyl (C=O) groups is 4. The third-order valence-corrected chi connectivity index (χ3v) is 14.9. The van der Waals surface area contributed by atoms with Gasteiger partial charge in [0.2, 0.25) is 11.8 Å². The number of amides is 2. The Labute approximate surface area is 405 Å².